The molecule has 1 aliphatic rings. The van der Waals surface area contributed by atoms with Crippen LogP contribution in [-0.2, 0) is 16.1 Å². The Hall–Kier alpha value is -2.10. The Kier molecular flexibility index (Phi) is 9.90. The molecule has 2 amide bonds. The van der Waals surface area contributed by atoms with Gasteiger partial charge in [-0.2, -0.15) is 0 Å². The van der Waals surface area contributed by atoms with Gasteiger partial charge < -0.3 is 10.6 Å². The van der Waals surface area contributed by atoms with E-state index in [1.54, 1.807) is 0 Å². The molecule has 10 heteroatoms. The highest BCUT2D eigenvalue weighted by molar-refractivity contribution is 8.01. The van der Waals surface area contributed by atoms with Crippen molar-refractivity contribution >= 4 is 63.8 Å². The lowest BCUT2D eigenvalue weighted by molar-refractivity contribution is -0.120. The molecule has 1 saturated heterocycles. The molecular weight excluding hydrogens is 547 g/mol. The van der Waals surface area contributed by atoms with Gasteiger partial charge in [0, 0.05) is 48.2 Å². The van der Waals surface area contributed by atoms with Crippen molar-refractivity contribution in [2.75, 3.05) is 24.2 Å². The van der Waals surface area contributed by atoms with Gasteiger partial charge in [-0.3, -0.25) is 14.5 Å². The summed E-state index contributed by atoms with van der Waals surface area (Å²) < 4.78 is 0.846. The number of benzene rings is 2. The van der Waals surface area contributed by atoms with E-state index in [-0.39, 0.29) is 23.8 Å². The van der Waals surface area contributed by atoms with E-state index < -0.39 is 0 Å². The molecule has 0 bridgehead atoms. The van der Waals surface area contributed by atoms with Crippen LogP contribution in [0.5, 0.6) is 0 Å². The van der Waals surface area contributed by atoms with Crippen molar-refractivity contribution in [3.8, 4) is 11.3 Å². The third-order valence-electron chi connectivity index (χ3n) is 6.10. The number of anilines is 1. The number of nitrogens with one attached hydrogen (secondary N) is 2. The van der Waals surface area contributed by atoms with Gasteiger partial charge in [-0.05, 0) is 42.7 Å². The summed E-state index contributed by atoms with van der Waals surface area (Å²) in [4.78, 5) is 31.6. The van der Waals surface area contributed by atoms with E-state index in [0.717, 1.165) is 59.3 Å². The van der Waals surface area contributed by atoms with Crippen LogP contribution in [0.25, 0.3) is 11.3 Å². The van der Waals surface area contributed by atoms with Crippen molar-refractivity contribution in [1.29, 1.82) is 0 Å². The number of hydrogen-bond acceptors (Lipinski definition) is 6. The topological polar surface area (TPSA) is 74.3 Å². The van der Waals surface area contributed by atoms with Gasteiger partial charge >= 0.3 is 0 Å². The number of hydrogen-bond donors (Lipinski definition) is 2. The van der Waals surface area contributed by atoms with Gasteiger partial charge in [0.25, 0.3) is 0 Å². The molecule has 0 spiro atoms. The van der Waals surface area contributed by atoms with E-state index in [0.29, 0.717) is 15.8 Å². The lowest BCUT2D eigenvalue weighted by Gasteiger charge is -2.32. The molecule has 1 fully saturated rings. The van der Waals surface area contributed by atoms with Gasteiger partial charge in [0.15, 0.2) is 4.34 Å². The average molecular weight is 578 g/mol. The minimum Gasteiger partial charge on any atom is -0.353 e. The predicted octanol–water partition coefficient (Wildman–Crippen LogP) is 6.58. The van der Waals surface area contributed by atoms with Crippen LogP contribution in [0.4, 0.5) is 5.69 Å². The second-order valence-corrected chi connectivity index (χ2v) is 12.3. The predicted molar refractivity (Wildman–Crippen MR) is 155 cm³/mol. The van der Waals surface area contributed by atoms with E-state index in [1.165, 1.54) is 23.1 Å². The van der Waals surface area contributed by atoms with Crippen LogP contribution >= 0.6 is 46.3 Å². The molecule has 0 saturated carbocycles. The number of carbonyl (C=O) groups is 2. The second kappa shape index (κ2) is 13.1. The number of likely N-dealkylation sites (tertiary alicyclic amines) is 1. The summed E-state index contributed by atoms with van der Waals surface area (Å²) in [6, 6.07) is 13.6. The van der Waals surface area contributed by atoms with Crippen LogP contribution in [0, 0.1) is 5.92 Å². The first-order valence-corrected chi connectivity index (χ1v) is 14.8. The normalized spacial score (nSPS) is 14.6. The lowest BCUT2D eigenvalue weighted by atomic mass is 10.0. The first-order chi connectivity index (χ1) is 17.8. The number of piperidine rings is 1. The fourth-order valence-corrected chi connectivity index (χ4v) is 5.99. The first kappa shape index (κ1) is 27.9. The Balaban J connectivity index is 1.21. The number of carbonyl (C=O) groups excluding carboxylic acids is 2. The van der Waals surface area contributed by atoms with Crippen molar-refractivity contribution < 1.29 is 9.59 Å². The zero-order valence-corrected chi connectivity index (χ0v) is 23.9. The molecule has 2 N–H and O–H groups in total. The van der Waals surface area contributed by atoms with Crippen molar-refractivity contribution in [2.24, 2.45) is 5.92 Å². The standard InChI is InChI=1S/C27H30Cl2N4O2S2/c1-17(2)26(35)31-21-5-3-4-19(13-21)24-15-36-27(32-24)37-16-25(34)30-20-8-10-33(11-9-20)14-18-6-7-22(28)23(29)12-18/h3-7,12-13,15,17,20H,8-11,14,16H2,1-2H3,(H,30,34)(H,31,35). The first-order valence-electron chi connectivity index (χ1n) is 12.2. The van der Waals surface area contributed by atoms with Crippen LogP contribution in [0.15, 0.2) is 52.2 Å². The van der Waals surface area contributed by atoms with Crippen LogP contribution in [0.3, 0.4) is 0 Å². The van der Waals surface area contributed by atoms with E-state index in [4.69, 9.17) is 23.2 Å². The Labute approximate surface area is 236 Å². The van der Waals surface area contributed by atoms with Crippen molar-refractivity contribution in [1.82, 2.24) is 15.2 Å². The van der Waals surface area contributed by atoms with E-state index in [9.17, 15) is 9.59 Å². The molecule has 2 aromatic carbocycles. The SMILES string of the molecule is CC(C)C(=O)Nc1cccc(-c2csc(SCC(=O)NC3CCN(Cc4ccc(Cl)c(Cl)c4)CC3)n2)c1. The zero-order valence-electron chi connectivity index (χ0n) is 20.8. The minimum atomic E-state index is -0.0846. The van der Waals surface area contributed by atoms with E-state index >= 15 is 0 Å². The van der Waals surface area contributed by atoms with Gasteiger partial charge in [0.05, 0.1) is 21.5 Å². The highest BCUT2D eigenvalue weighted by Gasteiger charge is 2.21. The summed E-state index contributed by atoms with van der Waals surface area (Å²) in [5, 5.41) is 9.22. The fraction of sp³-hybridized carbons (Fsp3) is 0.370. The van der Waals surface area contributed by atoms with E-state index in [2.05, 4.69) is 20.5 Å². The quantitative estimate of drug-likeness (QED) is 0.281. The number of aromatic nitrogens is 1. The molecule has 0 atom stereocenters. The molecule has 6 nitrogen and oxygen atoms in total. The zero-order chi connectivity index (χ0) is 26.4. The largest absolute Gasteiger partial charge is 0.353 e. The van der Waals surface area contributed by atoms with Gasteiger partial charge in [0.1, 0.15) is 0 Å². The third kappa shape index (κ3) is 8.19. The van der Waals surface area contributed by atoms with Crippen molar-refractivity contribution in [3.05, 3.63) is 63.5 Å². The number of rotatable bonds is 9. The Morgan fingerprint density at radius 3 is 2.65 bits per heavy atom. The monoisotopic (exact) mass is 576 g/mol. The maximum absolute atomic E-state index is 12.6. The van der Waals surface area contributed by atoms with Crippen LogP contribution in [-0.4, -0.2) is 46.6 Å². The van der Waals surface area contributed by atoms with Crippen molar-refractivity contribution in [3.63, 3.8) is 0 Å². The Morgan fingerprint density at radius 2 is 1.92 bits per heavy atom. The number of nitrogens with zero attached hydrogens (tertiary/aromatic N) is 2. The van der Waals surface area contributed by atoms with Gasteiger partial charge in [0.2, 0.25) is 11.8 Å². The molecular formula is C27H30Cl2N4O2S2. The number of thiazole rings is 1. The summed E-state index contributed by atoms with van der Waals surface area (Å²) in [6.07, 6.45) is 1.84. The molecule has 0 aliphatic carbocycles. The molecule has 2 heterocycles. The molecule has 1 aliphatic heterocycles. The number of halogens is 2. The average Bonchev–Trinajstić information content (AvgIpc) is 3.36. The third-order valence-corrected chi connectivity index (χ3v) is 8.86. The highest BCUT2D eigenvalue weighted by Crippen LogP contribution is 2.30. The summed E-state index contributed by atoms with van der Waals surface area (Å²) in [5.41, 5.74) is 3.66. The van der Waals surface area contributed by atoms with E-state index in [1.807, 2.05) is 61.7 Å². The Morgan fingerprint density at radius 1 is 1.14 bits per heavy atom. The molecule has 4 rings (SSSR count). The van der Waals surface area contributed by atoms with Crippen LogP contribution in [0.2, 0.25) is 10.0 Å². The van der Waals surface area contributed by atoms with Crippen LogP contribution < -0.4 is 10.6 Å². The van der Waals surface area contributed by atoms with Crippen LogP contribution in [0.1, 0.15) is 32.3 Å². The highest BCUT2D eigenvalue weighted by atomic mass is 35.5. The fourth-order valence-electron chi connectivity index (χ4n) is 4.03. The minimum absolute atomic E-state index is 0.0187. The maximum Gasteiger partial charge on any atom is 0.230 e. The summed E-state index contributed by atoms with van der Waals surface area (Å²) in [7, 11) is 0. The number of amides is 2. The molecule has 196 valence electrons. The maximum atomic E-state index is 12.6. The molecule has 3 aromatic rings. The molecule has 0 unspecified atom stereocenters. The molecule has 1 aromatic heterocycles. The molecule has 37 heavy (non-hydrogen) atoms. The second-order valence-electron chi connectivity index (χ2n) is 9.38. The summed E-state index contributed by atoms with van der Waals surface area (Å²) >= 11 is 15.1. The Bertz CT molecular complexity index is 1240. The summed E-state index contributed by atoms with van der Waals surface area (Å²) in [5.74, 6) is 0.262. The number of thioether (sulfide) groups is 1. The van der Waals surface area contributed by atoms with Gasteiger partial charge in [-0.15, -0.1) is 11.3 Å². The smallest absolute Gasteiger partial charge is 0.230 e. The van der Waals surface area contributed by atoms with Gasteiger partial charge in [-0.25, -0.2) is 4.98 Å². The van der Waals surface area contributed by atoms with Crippen molar-refractivity contribution in [2.45, 2.75) is 43.6 Å². The lowest BCUT2D eigenvalue weighted by Crippen LogP contribution is -2.44. The summed E-state index contributed by atoms with van der Waals surface area (Å²) in [6.45, 7) is 6.40. The molecule has 0 radical (unpaired) electrons. The van der Waals surface area contributed by atoms with Gasteiger partial charge in [-0.1, -0.05) is 67.0 Å².